The first-order chi connectivity index (χ1) is 45.3. The molecule has 0 amide bonds. The summed E-state index contributed by atoms with van der Waals surface area (Å²) in [6.07, 6.45) is 0. The van der Waals surface area contributed by atoms with Gasteiger partial charge in [-0.25, -0.2) is 0 Å². The van der Waals surface area contributed by atoms with Crippen LogP contribution in [0.15, 0.2) is 332 Å². The van der Waals surface area contributed by atoms with Gasteiger partial charge >= 0.3 is 0 Å². The Bertz CT molecular complexity index is 5150. The van der Waals surface area contributed by atoms with E-state index in [-0.39, 0.29) is 12.1 Å². The van der Waals surface area contributed by atoms with Crippen LogP contribution in [0, 0.1) is 0 Å². The quantitative estimate of drug-likeness (QED) is 0.127. The molecule has 15 aromatic rings. The first-order valence-corrected chi connectivity index (χ1v) is 32.0. The molecule has 4 heteroatoms. The molecule has 92 heavy (non-hydrogen) atoms. The molecule has 3 heterocycles. The second-order valence-electron chi connectivity index (χ2n) is 25.5. The third-order valence-electron chi connectivity index (χ3n) is 19.0. The van der Waals surface area contributed by atoms with Crippen LogP contribution >= 0.6 is 0 Å². The summed E-state index contributed by atoms with van der Waals surface area (Å²) in [5, 5.41) is 2.21. The van der Waals surface area contributed by atoms with Crippen LogP contribution in [-0.4, -0.2) is 6.71 Å². The minimum Gasteiger partial charge on any atom is -0.455 e. The smallest absolute Gasteiger partial charge is 0.252 e. The van der Waals surface area contributed by atoms with Gasteiger partial charge in [0.25, 0.3) is 6.71 Å². The summed E-state index contributed by atoms with van der Waals surface area (Å²) in [4.78, 5) is 5.34. The Morgan fingerprint density at radius 1 is 0.272 bits per heavy atom. The number of benzene rings is 14. The molecule has 434 valence electrons. The molecule has 3 nitrogen and oxygen atoms in total. The molecular formula is C88H63BN2O. The molecule has 0 radical (unpaired) electrons. The van der Waals surface area contributed by atoms with Gasteiger partial charge in [-0.1, -0.05) is 294 Å². The van der Waals surface area contributed by atoms with Gasteiger partial charge < -0.3 is 14.2 Å². The first-order valence-electron chi connectivity index (χ1n) is 32.0. The number of furan rings is 1. The molecule has 2 aliphatic rings. The number of anilines is 6. The lowest BCUT2D eigenvalue weighted by atomic mass is 9.33. The first kappa shape index (κ1) is 54.7. The van der Waals surface area contributed by atoms with Crippen molar-refractivity contribution in [1.82, 2.24) is 0 Å². The van der Waals surface area contributed by atoms with E-state index in [9.17, 15) is 0 Å². The summed E-state index contributed by atoms with van der Waals surface area (Å²) in [6, 6.07) is 121. The molecule has 0 unspecified atom stereocenters. The van der Waals surface area contributed by atoms with Crippen molar-refractivity contribution in [2.75, 3.05) is 9.80 Å². The van der Waals surface area contributed by atoms with Gasteiger partial charge in [-0.05, 0) is 143 Å². The van der Waals surface area contributed by atoms with E-state index in [4.69, 9.17) is 4.42 Å². The minimum atomic E-state index is -0.297. The summed E-state index contributed by atoms with van der Waals surface area (Å²) < 4.78 is 6.93. The van der Waals surface area contributed by atoms with Crippen molar-refractivity contribution in [2.24, 2.45) is 0 Å². The predicted octanol–water partition coefficient (Wildman–Crippen LogP) is 22.3. The van der Waals surface area contributed by atoms with Crippen LogP contribution in [0.2, 0.25) is 0 Å². The van der Waals surface area contributed by atoms with Gasteiger partial charge in [-0.15, -0.1) is 0 Å². The fraction of sp³-hybridized carbons (Fsp3) is 0.0455. The molecular weight excluding hydrogens is 1110 g/mol. The van der Waals surface area contributed by atoms with Crippen molar-refractivity contribution in [3.63, 3.8) is 0 Å². The van der Waals surface area contributed by atoms with Gasteiger partial charge in [-0.2, -0.15) is 0 Å². The standard InChI is InChI=1S/C88H63BN2O/c1-88(2,3)69-56-81-84-82(57-69)91(86-75(63-38-21-9-22-39-63)52-68(60-32-15-6-16-33-60)53-76(86)64-40-23-10-24-41-64)80-49-47-66(70-43-27-44-72-71-42-25-26-45-83(71)92-87(70)72)55-78(80)89(84)77-54-65(58-28-11-4-12-29-58)46-48-79(77)90(81)85-73(61-34-17-7-18-35-61)50-67(59-30-13-5-14-31-59)51-74(85)62-36-19-8-20-37-62/h4-57H,1-3H3. The van der Waals surface area contributed by atoms with Crippen LogP contribution in [0.3, 0.4) is 0 Å². The Labute approximate surface area is 538 Å². The summed E-state index contributed by atoms with van der Waals surface area (Å²) in [7, 11) is 0. The van der Waals surface area contributed by atoms with Crippen LogP contribution in [0.5, 0.6) is 0 Å². The van der Waals surface area contributed by atoms with Crippen LogP contribution in [0.25, 0.3) is 111 Å². The lowest BCUT2D eigenvalue weighted by molar-refractivity contribution is 0.590. The minimum absolute atomic E-state index is 0.252. The second-order valence-corrected chi connectivity index (χ2v) is 25.5. The van der Waals surface area contributed by atoms with Gasteiger partial charge in [0.15, 0.2) is 0 Å². The highest BCUT2D eigenvalue weighted by Crippen LogP contribution is 2.55. The molecule has 17 rings (SSSR count). The van der Waals surface area contributed by atoms with E-state index in [0.29, 0.717) is 0 Å². The van der Waals surface area contributed by atoms with Crippen LogP contribution in [-0.2, 0) is 5.41 Å². The fourth-order valence-electron chi connectivity index (χ4n) is 14.6. The summed E-state index contributed by atoms with van der Waals surface area (Å²) in [6.45, 7) is 6.86. The Balaban J connectivity index is 1.05. The average Bonchev–Trinajstić information content (AvgIpc) is 0.760. The maximum absolute atomic E-state index is 6.93. The third-order valence-corrected chi connectivity index (χ3v) is 19.0. The predicted molar refractivity (Wildman–Crippen MR) is 390 cm³/mol. The number of hydrogen-bond acceptors (Lipinski definition) is 3. The average molecular weight is 1180 g/mol. The van der Waals surface area contributed by atoms with Gasteiger partial charge in [0, 0.05) is 61.3 Å². The van der Waals surface area contributed by atoms with Crippen LogP contribution in [0.1, 0.15) is 26.3 Å². The van der Waals surface area contributed by atoms with E-state index in [1.807, 2.05) is 0 Å². The zero-order valence-electron chi connectivity index (χ0n) is 51.6. The van der Waals surface area contributed by atoms with E-state index in [0.717, 1.165) is 140 Å². The van der Waals surface area contributed by atoms with E-state index >= 15 is 0 Å². The number of rotatable bonds is 10. The lowest BCUT2D eigenvalue weighted by Crippen LogP contribution is -2.61. The van der Waals surface area contributed by atoms with Gasteiger partial charge in [-0.3, -0.25) is 0 Å². The number of para-hydroxylation sites is 2. The topological polar surface area (TPSA) is 19.6 Å². The monoisotopic (exact) mass is 1170 g/mol. The van der Waals surface area contributed by atoms with Crippen LogP contribution < -0.4 is 26.2 Å². The molecule has 2 aliphatic heterocycles. The van der Waals surface area contributed by atoms with Crippen molar-refractivity contribution < 1.29 is 4.42 Å². The van der Waals surface area contributed by atoms with E-state index in [1.54, 1.807) is 0 Å². The lowest BCUT2D eigenvalue weighted by Gasteiger charge is -2.46. The van der Waals surface area contributed by atoms with Gasteiger partial charge in [0.1, 0.15) is 11.2 Å². The largest absolute Gasteiger partial charge is 0.455 e. The maximum Gasteiger partial charge on any atom is 0.252 e. The Morgan fingerprint density at radius 3 is 1.05 bits per heavy atom. The SMILES string of the molecule is CC(C)(C)c1cc2c3c(c1)N(c1c(-c4ccccc4)cc(-c4ccccc4)cc1-c1ccccc1)c1ccc(-c4cccc5c4oc4ccccc45)cc1B3c1cc(-c3ccccc3)ccc1N2c1c(-c2ccccc2)cc(-c2ccccc2)cc1-c1ccccc1. The fourth-order valence-corrected chi connectivity index (χ4v) is 14.6. The molecule has 0 bridgehead atoms. The molecule has 14 aromatic carbocycles. The van der Waals surface area contributed by atoms with Crippen molar-refractivity contribution in [3.8, 4) is 89.0 Å². The third kappa shape index (κ3) is 9.28. The summed E-state index contributed by atoms with van der Waals surface area (Å²) in [5.74, 6) is 0. The number of nitrogens with zero attached hydrogens (tertiary/aromatic N) is 2. The highest BCUT2D eigenvalue weighted by Gasteiger charge is 2.46. The summed E-state index contributed by atoms with van der Waals surface area (Å²) >= 11 is 0. The van der Waals surface area contributed by atoms with Crippen molar-refractivity contribution in [2.45, 2.75) is 26.2 Å². The Morgan fingerprint density at radius 2 is 0.630 bits per heavy atom. The highest BCUT2D eigenvalue weighted by molar-refractivity contribution is 7.00. The summed E-state index contributed by atoms with van der Waals surface area (Å²) in [5.41, 5.74) is 31.3. The molecule has 0 spiro atoms. The van der Waals surface area contributed by atoms with E-state index in [2.05, 4.69) is 358 Å². The number of hydrogen-bond donors (Lipinski definition) is 0. The molecule has 1 aromatic heterocycles. The van der Waals surface area contributed by atoms with Crippen LogP contribution in [0.4, 0.5) is 34.1 Å². The normalized spacial score (nSPS) is 12.4. The Hall–Kier alpha value is -11.5. The number of fused-ring (bicyclic) bond motifs is 7. The second kappa shape index (κ2) is 22.2. The van der Waals surface area contributed by atoms with Crippen molar-refractivity contribution >= 4 is 79.2 Å². The molecule has 0 saturated carbocycles. The molecule has 0 aliphatic carbocycles. The molecule has 0 N–H and O–H groups in total. The maximum atomic E-state index is 6.93. The molecule has 0 saturated heterocycles. The van der Waals surface area contributed by atoms with E-state index in [1.165, 1.54) is 27.5 Å². The van der Waals surface area contributed by atoms with Gasteiger partial charge in [0.05, 0.1) is 11.4 Å². The van der Waals surface area contributed by atoms with Crippen molar-refractivity contribution in [3.05, 3.63) is 333 Å². The zero-order chi connectivity index (χ0) is 61.4. The zero-order valence-corrected chi connectivity index (χ0v) is 51.6. The van der Waals surface area contributed by atoms with Crippen molar-refractivity contribution in [1.29, 1.82) is 0 Å². The molecule has 0 fully saturated rings. The van der Waals surface area contributed by atoms with Gasteiger partial charge in [0.2, 0.25) is 0 Å². The Kier molecular flexibility index (Phi) is 13.2. The van der Waals surface area contributed by atoms with E-state index < -0.39 is 0 Å². The highest BCUT2D eigenvalue weighted by atomic mass is 16.3. The molecule has 0 atom stereocenters.